The summed E-state index contributed by atoms with van der Waals surface area (Å²) < 4.78 is 19.5. The van der Waals surface area contributed by atoms with Crippen LogP contribution < -0.4 is 0 Å². The third-order valence-corrected chi connectivity index (χ3v) is 4.72. The van der Waals surface area contributed by atoms with Gasteiger partial charge in [-0.1, -0.05) is 12.1 Å². The lowest BCUT2D eigenvalue weighted by Gasteiger charge is -2.45. The Morgan fingerprint density at radius 2 is 2.17 bits per heavy atom. The Labute approximate surface area is 136 Å². The summed E-state index contributed by atoms with van der Waals surface area (Å²) in [5, 5.41) is 6.89. The summed E-state index contributed by atoms with van der Waals surface area (Å²) in [5.41, 5.74) is 1.88. The van der Waals surface area contributed by atoms with Gasteiger partial charge in [0.15, 0.2) is 0 Å². The van der Waals surface area contributed by atoms with Gasteiger partial charge in [-0.2, -0.15) is 0 Å². The fourth-order valence-electron chi connectivity index (χ4n) is 3.32. The molecule has 2 heterocycles. The SMILES string of the molecule is Cc1c(F)cccc1CN1CC[C@@H]2OCCN(C)[C@H]2C1.O=CO. The number of hydrogen-bond acceptors (Lipinski definition) is 4. The van der Waals surface area contributed by atoms with Crippen LogP contribution in [0.25, 0.3) is 0 Å². The van der Waals surface area contributed by atoms with Crippen molar-refractivity contribution >= 4 is 6.47 Å². The molecule has 1 N–H and O–H groups in total. The van der Waals surface area contributed by atoms with Gasteiger partial charge in [0.2, 0.25) is 0 Å². The van der Waals surface area contributed by atoms with Crippen molar-refractivity contribution in [1.82, 2.24) is 9.80 Å². The summed E-state index contributed by atoms with van der Waals surface area (Å²) in [5.74, 6) is -0.101. The maximum atomic E-state index is 13.6. The summed E-state index contributed by atoms with van der Waals surface area (Å²) in [6.45, 7) is 6.35. The molecule has 6 heteroatoms. The number of likely N-dealkylation sites (tertiary alicyclic amines) is 1. The number of carbonyl (C=O) groups is 1. The summed E-state index contributed by atoms with van der Waals surface area (Å²) in [4.78, 5) is 13.2. The minimum atomic E-state index is -0.250. The lowest BCUT2D eigenvalue weighted by molar-refractivity contribution is -0.122. The van der Waals surface area contributed by atoms with Crippen LogP contribution in [0.1, 0.15) is 17.5 Å². The highest BCUT2D eigenvalue weighted by Gasteiger charge is 2.35. The van der Waals surface area contributed by atoms with E-state index in [0.717, 1.165) is 50.3 Å². The smallest absolute Gasteiger partial charge is 0.290 e. The third-order valence-electron chi connectivity index (χ3n) is 4.72. The molecule has 0 aromatic heterocycles. The van der Waals surface area contributed by atoms with E-state index in [1.807, 2.05) is 13.0 Å². The predicted octanol–water partition coefficient (Wildman–Crippen LogP) is 1.74. The minimum Gasteiger partial charge on any atom is -0.483 e. The van der Waals surface area contributed by atoms with Crippen molar-refractivity contribution in [3.05, 3.63) is 35.1 Å². The van der Waals surface area contributed by atoms with E-state index in [4.69, 9.17) is 14.6 Å². The number of hydrogen-bond donors (Lipinski definition) is 1. The van der Waals surface area contributed by atoms with E-state index >= 15 is 0 Å². The standard InChI is InChI=1S/C16H23FN2O.CH2O2/c1-12-13(4-3-5-14(12)17)10-19-7-6-16-15(11-19)18(2)8-9-20-16;2-1-3/h3-5,15-16H,6-11H2,1-2H3;1H,(H,2,3)/t15-,16-;/m0./s1. The van der Waals surface area contributed by atoms with Gasteiger partial charge in [-0.3, -0.25) is 14.6 Å². The molecule has 0 bridgehead atoms. The Kier molecular flexibility index (Phi) is 6.50. The second kappa shape index (κ2) is 8.38. The first-order valence-corrected chi connectivity index (χ1v) is 7.92. The van der Waals surface area contributed by atoms with Crippen molar-refractivity contribution in [2.24, 2.45) is 0 Å². The third kappa shape index (κ3) is 4.50. The number of halogens is 1. The zero-order chi connectivity index (χ0) is 16.8. The van der Waals surface area contributed by atoms with E-state index in [2.05, 4.69) is 16.8 Å². The molecule has 0 aliphatic carbocycles. The van der Waals surface area contributed by atoms with Gasteiger partial charge in [-0.25, -0.2) is 4.39 Å². The van der Waals surface area contributed by atoms with Gasteiger partial charge in [-0.05, 0) is 37.6 Å². The molecular formula is C17H25FN2O3. The number of piperidine rings is 1. The van der Waals surface area contributed by atoms with E-state index in [0.29, 0.717) is 12.1 Å². The molecule has 2 saturated heterocycles. The topological polar surface area (TPSA) is 53.0 Å². The first kappa shape index (κ1) is 17.8. The van der Waals surface area contributed by atoms with Crippen molar-refractivity contribution in [2.45, 2.75) is 32.0 Å². The number of ether oxygens (including phenoxy) is 1. The first-order valence-electron chi connectivity index (χ1n) is 7.92. The minimum absolute atomic E-state index is 0.101. The molecule has 1 aromatic carbocycles. The van der Waals surface area contributed by atoms with Gasteiger partial charge in [0.1, 0.15) is 5.82 Å². The van der Waals surface area contributed by atoms with Gasteiger partial charge in [0.05, 0.1) is 12.7 Å². The van der Waals surface area contributed by atoms with Gasteiger partial charge >= 0.3 is 0 Å². The summed E-state index contributed by atoms with van der Waals surface area (Å²) in [7, 11) is 2.18. The Bertz CT molecular complexity index is 527. The molecule has 1 aromatic rings. The molecule has 3 rings (SSSR count). The number of nitrogens with zero attached hydrogens (tertiary/aromatic N) is 2. The number of likely N-dealkylation sites (N-methyl/N-ethyl adjacent to an activating group) is 1. The van der Waals surface area contributed by atoms with Crippen LogP contribution in [0.15, 0.2) is 18.2 Å². The van der Waals surface area contributed by atoms with Crippen LogP contribution in [-0.4, -0.2) is 66.8 Å². The average molecular weight is 324 g/mol. The number of benzene rings is 1. The molecule has 0 spiro atoms. The molecule has 128 valence electrons. The molecule has 2 aliphatic rings. The van der Waals surface area contributed by atoms with Gasteiger partial charge in [0.25, 0.3) is 6.47 Å². The molecule has 0 radical (unpaired) electrons. The zero-order valence-electron chi connectivity index (χ0n) is 13.7. The second-order valence-electron chi connectivity index (χ2n) is 6.11. The summed E-state index contributed by atoms with van der Waals surface area (Å²) >= 11 is 0. The number of rotatable bonds is 2. The molecular weight excluding hydrogens is 299 g/mol. The molecule has 5 nitrogen and oxygen atoms in total. The molecule has 0 saturated carbocycles. The maximum Gasteiger partial charge on any atom is 0.290 e. The molecule has 0 unspecified atom stereocenters. The zero-order valence-corrected chi connectivity index (χ0v) is 13.7. The predicted molar refractivity (Wildman–Crippen MR) is 85.9 cm³/mol. The van der Waals surface area contributed by atoms with Crippen LogP contribution >= 0.6 is 0 Å². The summed E-state index contributed by atoms with van der Waals surface area (Å²) in [6, 6.07) is 5.85. The number of carboxylic acid groups (broad SMARTS) is 1. The normalized spacial score (nSPS) is 25.2. The van der Waals surface area contributed by atoms with E-state index in [1.165, 1.54) is 6.07 Å². The highest BCUT2D eigenvalue weighted by atomic mass is 19.1. The van der Waals surface area contributed by atoms with E-state index in [-0.39, 0.29) is 12.3 Å². The fourth-order valence-corrected chi connectivity index (χ4v) is 3.32. The highest BCUT2D eigenvalue weighted by molar-refractivity contribution is 5.32. The van der Waals surface area contributed by atoms with Gasteiger partial charge in [-0.15, -0.1) is 0 Å². The Morgan fingerprint density at radius 1 is 1.43 bits per heavy atom. The van der Waals surface area contributed by atoms with E-state index < -0.39 is 0 Å². The van der Waals surface area contributed by atoms with Crippen LogP contribution in [0.5, 0.6) is 0 Å². The van der Waals surface area contributed by atoms with Gasteiger partial charge in [0, 0.05) is 32.2 Å². The van der Waals surface area contributed by atoms with Crippen LogP contribution in [0.3, 0.4) is 0 Å². The Hall–Kier alpha value is -1.50. The molecule has 0 amide bonds. The molecule has 2 aliphatic heterocycles. The quantitative estimate of drug-likeness (QED) is 0.840. The Morgan fingerprint density at radius 3 is 2.91 bits per heavy atom. The monoisotopic (exact) mass is 324 g/mol. The average Bonchev–Trinajstić information content (AvgIpc) is 2.53. The fraction of sp³-hybridized carbons (Fsp3) is 0.588. The van der Waals surface area contributed by atoms with Crippen LogP contribution in [0.4, 0.5) is 4.39 Å². The van der Waals surface area contributed by atoms with E-state index in [1.54, 1.807) is 6.07 Å². The van der Waals surface area contributed by atoms with Crippen molar-refractivity contribution < 1.29 is 19.0 Å². The van der Waals surface area contributed by atoms with Crippen molar-refractivity contribution in [3.8, 4) is 0 Å². The summed E-state index contributed by atoms with van der Waals surface area (Å²) in [6.07, 6.45) is 1.45. The van der Waals surface area contributed by atoms with Crippen molar-refractivity contribution in [1.29, 1.82) is 0 Å². The maximum absolute atomic E-state index is 13.6. The largest absolute Gasteiger partial charge is 0.483 e. The van der Waals surface area contributed by atoms with Gasteiger partial charge < -0.3 is 9.84 Å². The van der Waals surface area contributed by atoms with Crippen LogP contribution in [0, 0.1) is 12.7 Å². The molecule has 2 fully saturated rings. The van der Waals surface area contributed by atoms with Crippen LogP contribution in [0.2, 0.25) is 0 Å². The highest BCUT2D eigenvalue weighted by Crippen LogP contribution is 2.24. The van der Waals surface area contributed by atoms with Crippen molar-refractivity contribution in [3.63, 3.8) is 0 Å². The molecule has 2 atom stereocenters. The second-order valence-corrected chi connectivity index (χ2v) is 6.11. The number of morpholine rings is 1. The number of fused-ring (bicyclic) bond motifs is 1. The lowest BCUT2D eigenvalue weighted by atomic mass is 9.98. The Balaban J connectivity index is 0.000000595. The molecule has 23 heavy (non-hydrogen) atoms. The first-order chi connectivity index (χ1) is 11.1. The van der Waals surface area contributed by atoms with Crippen molar-refractivity contribution in [2.75, 3.05) is 33.3 Å². The van der Waals surface area contributed by atoms with Crippen LogP contribution in [-0.2, 0) is 16.1 Å². The van der Waals surface area contributed by atoms with E-state index in [9.17, 15) is 4.39 Å². The lowest BCUT2D eigenvalue weighted by Crippen LogP contribution is -2.58.